The highest BCUT2D eigenvalue weighted by molar-refractivity contribution is 6.18. The molecule has 0 amide bonds. The minimum Gasteiger partial charge on any atom is -0.478 e. The predicted molar refractivity (Wildman–Crippen MR) is 75.7 cm³/mol. The van der Waals surface area contributed by atoms with Crippen molar-refractivity contribution in [2.75, 3.05) is 0 Å². The number of hydrogen-bond acceptors (Lipinski definition) is 4. The molecule has 1 atom stereocenters. The first-order valence-electron chi connectivity index (χ1n) is 6.27. The normalized spacial score (nSPS) is 13.1. The molecular weight excluding hydrogens is 288 g/mol. The van der Waals surface area contributed by atoms with Crippen LogP contribution in [0.5, 0.6) is 0 Å². The van der Waals surface area contributed by atoms with Crippen LogP contribution < -0.4 is 0 Å². The van der Waals surface area contributed by atoms with Crippen LogP contribution in [0.3, 0.4) is 0 Å². The second kappa shape index (κ2) is 5.79. The van der Waals surface area contributed by atoms with Gasteiger partial charge in [0.25, 0.3) is 5.60 Å². The van der Waals surface area contributed by atoms with E-state index in [0.717, 1.165) is 0 Å². The summed E-state index contributed by atoms with van der Waals surface area (Å²) < 4.78 is 0. The van der Waals surface area contributed by atoms with Gasteiger partial charge in [-0.15, -0.1) is 0 Å². The number of carboxylic acids is 2. The molecule has 6 heteroatoms. The van der Waals surface area contributed by atoms with E-state index >= 15 is 0 Å². The Labute approximate surface area is 125 Å². The van der Waals surface area contributed by atoms with Gasteiger partial charge in [-0.05, 0) is 6.07 Å². The van der Waals surface area contributed by atoms with Crippen LogP contribution in [0.2, 0.25) is 0 Å². The van der Waals surface area contributed by atoms with Crippen LogP contribution in [0.15, 0.2) is 54.6 Å². The number of carboxylic acid groups (broad SMARTS) is 2. The lowest BCUT2D eigenvalue weighted by Crippen LogP contribution is -2.44. The van der Waals surface area contributed by atoms with Gasteiger partial charge in [0.15, 0.2) is 0 Å². The van der Waals surface area contributed by atoms with E-state index in [2.05, 4.69) is 0 Å². The molecule has 0 aliphatic carbocycles. The molecule has 0 saturated heterocycles. The van der Waals surface area contributed by atoms with Crippen LogP contribution in [0.25, 0.3) is 0 Å². The highest BCUT2D eigenvalue weighted by Gasteiger charge is 2.47. The van der Waals surface area contributed by atoms with Crippen molar-refractivity contribution in [1.29, 1.82) is 0 Å². The molecular formula is C16H12O6. The van der Waals surface area contributed by atoms with Crippen molar-refractivity contribution in [3.8, 4) is 0 Å². The van der Waals surface area contributed by atoms with Crippen LogP contribution in [-0.2, 0) is 10.4 Å². The Kier molecular flexibility index (Phi) is 4.05. The first-order chi connectivity index (χ1) is 10.4. The number of carbonyl (C=O) groups excluding carboxylic acids is 1. The lowest BCUT2D eigenvalue weighted by molar-refractivity contribution is -0.154. The van der Waals surface area contributed by atoms with E-state index in [9.17, 15) is 24.6 Å². The van der Waals surface area contributed by atoms with Gasteiger partial charge in [-0.1, -0.05) is 48.5 Å². The zero-order valence-corrected chi connectivity index (χ0v) is 11.3. The third-order valence-electron chi connectivity index (χ3n) is 3.23. The molecule has 0 fully saturated rings. The second-order valence-corrected chi connectivity index (χ2v) is 4.56. The maximum atomic E-state index is 12.5. The third-order valence-corrected chi connectivity index (χ3v) is 3.23. The molecule has 112 valence electrons. The van der Waals surface area contributed by atoms with E-state index < -0.39 is 23.3 Å². The molecule has 6 nitrogen and oxygen atoms in total. The lowest BCUT2D eigenvalue weighted by Gasteiger charge is -2.23. The molecule has 0 aliphatic heterocycles. The molecule has 1 unspecified atom stereocenters. The summed E-state index contributed by atoms with van der Waals surface area (Å²) in [7, 11) is 0. The lowest BCUT2D eigenvalue weighted by atomic mass is 9.84. The second-order valence-electron chi connectivity index (χ2n) is 4.56. The fourth-order valence-corrected chi connectivity index (χ4v) is 2.09. The van der Waals surface area contributed by atoms with Gasteiger partial charge in [-0.2, -0.15) is 0 Å². The van der Waals surface area contributed by atoms with Crippen molar-refractivity contribution in [2.24, 2.45) is 0 Å². The number of aliphatic hydroxyl groups is 1. The van der Waals surface area contributed by atoms with Gasteiger partial charge in [-0.25, -0.2) is 9.59 Å². The number of hydrogen-bond donors (Lipinski definition) is 3. The number of aliphatic carboxylic acids is 1. The summed E-state index contributed by atoms with van der Waals surface area (Å²) in [6.45, 7) is 0. The van der Waals surface area contributed by atoms with Crippen molar-refractivity contribution < 1.29 is 29.7 Å². The summed E-state index contributed by atoms with van der Waals surface area (Å²) in [6, 6.07) is 12.3. The number of benzene rings is 2. The van der Waals surface area contributed by atoms with Crippen molar-refractivity contribution >= 4 is 17.7 Å². The predicted octanol–water partition coefficient (Wildman–Crippen LogP) is 1.54. The molecule has 0 radical (unpaired) electrons. The van der Waals surface area contributed by atoms with Crippen molar-refractivity contribution in [2.45, 2.75) is 5.60 Å². The van der Waals surface area contributed by atoms with Crippen molar-refractivity contribution in [3.63, 3.8) is 0 Å². The van der Waals surface area contributed by atoms with Crippen LogP contribution in [0, 0.1) is 0 Å². The Morgan fingerprint density at radius 3 is 1.77 bits per heavy atom. The minimum absolute atomic E-state index is 0.146. The molecule has 0 bridgehead atoms. The molecule has 2 aromatic rings. The SMILES string of the molecule is O=C(O)c1ccccc1C(=O)C(O)(C(=O)O)c1ccccc1. The summed E-state index contributed by atoms with van der Waals surface area (Å²) in [6.07, 6.45) is 0. The van der Waals surface area contributed by atoms with Gasteiger partial charge >= 0.3 is 11.9 Å². The molecule has 3 N–H and O–H groups in total. The van der Waals surface area contributed by atoms with Gasteiger partial charge in [0.2, 0.25) is 5.78 Å². The van der Waals surface area contributed by atoms with E-state index in [1.807, 2.05) is 0 Å². The average Bonchev–Trinajstić information content (AvgIpc) is 2.53. The zero-order chi connectivity index (χ0) is 16.3. The molecule has 0 aromatic heterocycles. The Morgan fingerprint density at radius 2 is 1.27 bits per heavy atom. The standard InChI is InChI=1S/C16H12O6/c17-13(11-8-4-5-9-12(11)14(18)19)16(22,15(20)21)10-6-2-1-3-7-10/h1-9,22H,(H,18,19)(H,20,21). The average molecular weight is 300 g/mol. The summed E-state index contributed by atoms with van der Waals surface area (Å²) in [5.41, 5.74) is -3.74. The van der Waals surface area contributed by atoms with Crippen LogP contribution in [0.1, 0.15) is 26.3 Å². The zero-order valence-electron chi connectivity index (χ0n) is 11.3. The van der Waals surface area contributed by atoms with Crippen LogP contribution >= 0.6 is 0 Å². The Hall–Kier alpha value is -2.99. The van der Waals surface area contributed by atoms with Gasteiger partial charge in [-0.3, -0.25) is 4.79 Å². The molecule has 22 heavy (non-hydrogen) atoms. The maximum Gasteiger partial charge on any atom is 0.348 e. The molecule has 2 aromatic carbocycles. The summed E-state index contributed by atoms with van der Waals surface area (Å²) in [4.78, 5) is 35.2. The summed E-state index contributed by atoms with van der Waals surface area (Å²) in [5.74, 6) is -4.36. The Bertz CT molecular complexity index is 737. The van der Waals surface area contributed by atoms with E-state index in [4.69, 9.17) is 5.11 Å². The van der Waals surface area contributed by atoms with E-state index in [0.29, 0.717) is 0 Å². The molecule has 0 aliphatic rings. The largest absolute Gasteiger partial charge is 0.478 e. The summed E-state index contributed by atoms with van der Waals surface area (Å²) >= 11 is 0. The topological polar surface area (TPSA) is 112 Å². The molecule has 0 spiro atoms. The molecule has 0 heterocycles. The van der Waals surface area contributed by atoms with Crippen LogP contribution in [-0.4, -0.2) is 33.0 Å². The first-order valence-corrected chi connectivity index (χ1v) is 6.27. The smallest absolute Gasteiger partial charge is 0.348 e. The third kappa shape index (κ3) is 2.47. The number of rotatable bonds is 5. The van der Waals surface area contributed by atoms with Crippen molar-refractivity contribution in [1.82, 2.24) is 0 Å². The van der Waals surface area contributed by atoms with Gasteiger partial charge in [0.1, 0.15) is 0 Å². The maximum absolute atomic E-state index is 12.5. The van der Waals surface area contributed by atoms with Gasteiger partial charge in [0.05, 0.1) is 5.56 Å². The van der Waals surface area contributed by atoms with E-state index in [-0.39, 0.29) is 16.7 Å². The minimum atomic E-state index is -2.85. The van der Waals surface area contributed by atoms with Gasteiger partial charge in [0, 0.05) is 11.1 Å². The Balaban J connectivity index is 2.63. The molecule has 2 rings (SSSR count). The molecule has 0 saturated carbocycles. The van der Waals surface area contributed by atoms with Crippen LogP contribution in [0.4, 0.5) is 0 Å². The summed E-state index contributed by atoms with van der Waals surface area (Å²) in [5, 5.41) is 28.9. The van der Waals surface area contributed by atoms with Gasteiger partial charge < -0.3 is 15.3 Å². The first kappa shape index (κ1) is 15.4. The number of carbonyl (C=O) groups is 3. The highest BCUT2D eigenvalue weighted by Crippen LogP contribution is 2.27. The highest BCUT2D eigenvalue weighted by atomic mass is 16.4. The quantitative estimate of drug-likeness (QED) is 0.570. The van der Waals surface area contributed by atoms with E-state index in [1.54, 1.807) is 6.07 Å². The Morgan fingerprint density at radius 1 is 0.773 bits per heavy atom. The monoisotopic (exact) mass is 300 g/mol. The van der Waals surface area contributed by atoms with Crippen molar-refractivity contribution in [3.05, 3.63) is 71.3 Å². The number of ketones is 1. The fourth-order valence-electron chi connectivity index (χ4n) is 2.09. The number of aromatic carboxylic acids is 1. The fraction of sp³-hybridized carbons (Fsp3) is 0.0625. The number of Topliss-reactive ketones (excluding diaryl/α,β-unsaturated/α-hetero) is 1. The van der Waals surface area contributed by atoms with E-state index in [1.165, 1.54) is 48.5 Å².